The second kappa shape index (κ2) is 7.64. The Morgan fingerprint density at radius 2 is 1.71 bits per heavy atom. The van der Waals surface area contributed by atoms with Crippen LogP contribution < -0.4 is 10.1 Å². The molecule has 2 aromatic carbocycles. The van der Waals surface area contributed by atoms with Gasteiger partial charge in [-0.2, -0.15) is 0 Å². The van der Waals surface area contributed by atoms with Crippen molar-refractivity contribution in [3.05, 3.63) is 63.4 Å². The fourth-order valence-corrected chi connectivity index (χ4v) is 7.97. The van der Waals surface area contributed by atoms with Gasteiger partial charge in [0.05, 0.1) is 5.02 Å². The highest BCUT2D eigenvalue weighted by Gasteiger charge is 2.59. The Balaban J connectivity index is 1.32. The fourth-order valence-electron chi connectivity index (χ4n) is 7.55. The highest BCUT2D eigenvalue weighted by atomic mass is 35.5. The molecule has 0 radical (unpaired) electrons. The summed E-state index contributed by atoms with van der Waals surface area (Å²) in [6.45, 7) is 6.00. The van der Waals surface area contributed by atoms with E-state index in [9.17, 15) is 4.39 Å². The van der Waals surface area contributed by atoms with E-state index in [0.29, 0.717) is 20.9 Å². The second-order valence-corrected chi connectivity index (χ2v) is 11.9. The monoisotopic (exact) mass is 461 g/mol. The number of halogens is 3. The van der Waals surface area contributed by atoms with Gasteiger partial charge in [0.2, 0.25) is 0 Å². The summed E-state index contributed by atoms with van der Waals surface area (Å²) >= 11 is 12.5. The lowest BCUT2D eigenvalue weighted by Gasteiger charge is -2.65. The van der Waals surface area contributed by atoms with E-state index in [1.807, 2.05) is 18.2 Å². The number of hydrogen-bond donors (Lipinski definition) is 1. The van der Waals surface area contributed by atoms with Crippen molar-refractivity contribution in [2.45, 2.75) is 71.1 Å². The SMILES string of the molecule is C[C@]12CC3CC(NCc4cc(Cl)ccc4OCc4ccc(F)cc4Cl)(C1)C[C@@](C)(C3)C2. The molecule has 6 rings (SSSR count). The molecule has 1 N–H and O–H groups in total. The highest BCUT2D eigenvalue weighted by molar-refractivity contribution is 6.31. The smallest absolute Gasteiger partial charge is 0.124 e. The maximum atomic E-state index is 13.3. The third-order valence-corrected chi connectivity index (χ3v) is 8.29. The third-order valence-electron chi connectivity index (χ3n) is 7.70. The van der Waals surface area contributed by atoms with Crippen molar-refractivity contribution in [1.82, 2.24) is 5.32 Å². The van der Waals surface area contributed by atoms with Gasteiger partial charge in [-0.15, -0.1) is 0 Å². The number of rotatable bonds is 6. The average Bonchev–Trinajstić information content (AvgIpc) is 2.64. The van der Waals surface area contributed by atoms with E-state index >= 15 is 0 Å². The lowest BCUT2D eigenvalue weighted by atomic mass is 9.43. The van der Waals surface area contributed by atoms with Gasteiger partial charge in [-0.1, -0.05) is 43.1 Å². The molecule has 0 amide bonds. The van der Waals surface area contributed by atoms with Crippen LogP contribution in [0.5, 0.6) is 5.75 Å². The summed E-state index contributed by atoms with van der Waals surface area (Å²) in [7, 11) is 0. The molecule has 0 saturated heterocycles. The number of ether oxygens (including phenoxy) is 1. The van der Waals surface area contributed by atoms with Gasteiger partial charge in [0.15, 0.2) is 0 Å². The Kier molecular flexibility index (Phi) is 5.31. The first kappa shape index (κ1) is 21.6. The Bertz CT molecular complexity index is 991. The third kappa shape index (κ3) is 4.34. The summed E-state index contributed by atoms with van der Waals surface area (Å²) in [6, 6.07) is 10.1. The van der Waals surface area contributed by atoms with E-state index in [4.69, 9.17) is 27.9 Å². The molecule has 4 aliphatic rings. The van der Waals surface area contributed by atoms with Crippen LogP contribution >= 0.6 is 23.2 Å². The molecule has 0 aromatic heterocycles. The summed E-state index contributed by atoms with van der Waals surface area (Å²) < 4.78 is 19.4. The molecule has 2 unspecified atom stereocenters. The van der Waals surface area contributed by atoms with Gasteiger partial charge in [-0.25, -0.2) is 4.39 Å². The molecule has 4 atom stereocenters. The molecule has 4 aliphatic carbocycles. The van der Waals surface area contributed by atoms with Crippen LogP contribution in [0.4, 0.5) is 4.39 Å². The topological polar surface area (TPSA) is 21.3 Å². The quantitative estimate of drug-likeness (QED) is 0.479. The summed E-state index contributed by atoms with van der Waals surface area (Å²) in [5.41, 5.74) is 2.96. The zero-order valence-corrected chi connectivity index (χ0v) is 19.8. The molecule has 166 valence electrons. The first-order chi connectivity index (χ1) is 14.6. The summed E-state index contributed by atoms with van der Waals surface area (Å²) in [4.78, 5) is 0. The van der Waals surface area contributed by atoms with E-state index in [2.05, 4.69) is 19.2 Å². The van der Waals surface area contributed by atoms with Crippen molar-refractivity contribution >= 4 is 23.2 Å². The normalized spacial score (nSPS) is 33.6. The van der Waals surface area contributed by atoms with E-state index < -0.39 is 0 Å². The summed E-state index contributed by atoms with van der Waals surface area (Å²) in [5.74, 6) is 1.29. The number of benzene rings is 2. The molecule has 0 spiro atoms. The minimum Gasteiger partial charge on any atom is -0.489 e. The standard InChI is InChI=1S/C26H30Cl2FNO/c1-24-9-17-10-25(2,14-24)16-26(11-17,15-24)30-12-19-7-20(27)4-6-23(19)31-13-18-3-5-21(29)8-22(18)28/h3-8,17,30H,9-16H2,1-2H3/t17?,24-,25+,26?. The van der Waals surface area contributed by atoms with E-state index in [0.717, 1.165) is 29.3 Å². The zero-order chi connectivity index (χ0) is 21.9. The van der Waals surface area contributed by atoms with Gasteiger partial charge in [0, 0.05) is 28.2 Å². The van der Waals surface area contributed by atoms with Gasteiger partial charge >= 0.3 is 0 Å². The molecular weight excluding hydrogens is 432 g/mol. The molecule has 2 aromatic rings. The molecule has 4 saturated carbocycles. The Morgan fingerprint density at radius 3 is 2.39 bits per heavy atom. The van der Waals surface area contributed by atoms with Crippen LogP contribution in [0.1, 0.15) is 63.5 Å². The highest BCUT2D eigenvalue weighted by Crippen LogP contribution is 2.66. The van der Waals surface area contributed by atoms with Crippen molar-refractivity contribution in [2.75, 3.05) is 0 Å². The van der Waals surface area contributed by atoms with Gasteiger partial charge in [-0.05, 0) is 85.6 Å². The number of hydrogen-bond acceptors (Lipinski definition) is 2. The van der Waals surface area contributed by atoms with Gasteiger partial charge < -0.3 is 10.1 Å². The molecule has 5 heteroatoms. The first-order valence-electron chi connectivity index (χ1n) is 11.3. The van der Waals surface area contributed by atoms with Crippen LogP contribution in [-0.2, 0) is 13.2 Å². The van der Waals surface area contributed by atoms with Crippen molar-refractivity contribution in [3.8, 4) is 5.75 Å². The Hall–Kier alpha value is -1.29. The second-order valence-electron chi connectivity index (χ2n) is 11.0. The van der Waals surface area contributed by atoms with E-state index in [1.54, 1.807) is 6.07 Å². The molecule has 4 bridgehead atoms. The lowest BCUT2D eigenvalue weighted by Crippen LogP contribution is -2.63. The first-order valence-corrected chi connectivity index (χ1v) is 12.0. The maximum Gasteiger partial charge on any atom is 0.124 e. The molecular formula is C26H30Cl2FNO. The maximum absolute atomic E-state index is 13.3. The van der Waals surface area contributed by atoms with Crippen LogP contribution in [0.25, 0.3) is 0 Å². The zero-order valence-electron chi connectivity index (χ0n) is 18.2. The van der Waals surface area contributed by atoms with Crippen molar-refractivity contribution < 1.29 is 9.13 Å². The Morgan fingerprint density at radius 1 is 0.968 bits per heavy atom. The Labute approximate surface area is 194 Å². The van der Waals surface area contributed by atoms with E-state index in [1.165, 1.54) is 50.7 Å². The summed E-state index contributed by atoms with van der Waals surface area (Å²) in [6.07, 6.45) is 7.93. The average molecular weight is 462 g/mol. The predicted octanol–water partition coefficient (Wildman–Crippen LogP) is 7.55. The lowest BCUT2D eigenvalue weighted by molar-refractivity contribution is -0.118. The van der Waals surface area contributed by atoms with Crippen LogP contribution in [0, 0.1) is 22.6 Å². The van der Waals surface area contributed by atoms with Crippen molar-refractivity contribution in [1.29, 1.82) is 0 Å². The van der Waals surface area contributed by atoms with Crippen LogP contribution in [0.3, 0.4) is 0 Å². The predicted molar refractivity (Wildman–Crippen MR) is 124 cm³/mol. The number of nitrogens with one attached hydrogen (secondary N) is 1. The van der Waals surface area contributed by atoms with Crippen molar-refractivity contribution in [2.24, 2.45) is 16.7 Å². The molecule has 0 heterocycles. The minimum atomic E-state index is -0.344. The van der Waals surface area contributed by atoms with E-state index in [-0.39, 0.29) is 18.0 Å². The molecule has 2 nitrogen and oxygen atoms in total. The van der Waals surface area contributed by atoms with Gasteiger partial charge in [-0.3, -0.25) is 0 Å². The van der Waals surface area contributed by atoms with Crippen LogP contribution in [0.15, 0.2) is 36.4 Å². The van der Waals surface area contributed by atoms with Crippen LogP contribution in [0.2, 0.25) is 10.0 Å². The fraction of sp³-hybridized carbons (Fsp3) is 0.538. The molecule has 4 fully saturated rings. The van der Waals surface area contributed by atoms with Gasteiger partial charge in [0.25, 0.3) is 0 Å². The summed E-state index contributed by atoms with van der Waals surface area (Å²) in [5, 5.41) is 5.04. The van der Waals surface area contributed by atoms with Crippen molar-refractivity contribution in [3.63, 3.8) is 0 Å². The van der Waals surface area contributed by atoms with Crippen LogP contribution in [-0.4, -0.2) is 5.54 Å². The molecule has 31 heavy (non-hydrogen) atoms. The molecule has 0 aliphatic heterocycles. The largest absolute Gasteiger partial charge is 0.489 e. The minimum absolute atomic E-state index is 0.211. The van der Waals surface area contributed by atoms with Gasteiger partial charge in [0.1, 0.15) is 18.2 Å².